The van der Waals surface area contributed by atoms with Gasteiger partial charge < -0.3 is 9.64 Å². The van der Waals surface area contributed by atoms with Crippen LogP contribution in [0.25, 0.3) is 0 Å². The lowest BCUT2D eigenvalue weighted by Gasteiger charge is -2.36. The Bertz CT molecular complexity index is 1100. The van der Waals surface area contributed by atoms with E-state index in [1.807, 2.05) is 19.1 Å². The van der Waals surface area contributed by atoms with Gasteiger partial charge in [0.2, 0.25) is 5.88 Å². The highest BCUT2D eigenvalue weighted by Crippen LogP contribution is 2.26. The number of hydrogen-bond donors (Lipinski definition) is 0. The topological polar surface area (TPSA) is 66.2 Å². The van der Waals surface area contributed by atoms with Crippen LogP contribution < -0.4 is 4.74 Å². The van der Waals surface area contributed by atoms with Crippen molar-refractivity contribution in [1.29, 1.82) is 5.26 Å². The molecule has 3 aromatic rings. The minimum Gasteiger partial charge on any atom is -0.475 e. The molecule has 1 amide bonds. The maximum atomic E-state index is 13.8. The smallest absolute Gasteiger partial charge is 0.254 e. The van der Waals surface area contributed by atoms with E-state index in [1.165, 1.54) is 12.1 Å². The van der Waals surface area contributed by atoms with Gasteiger partial charge in [-0.15, -0.1) is 0 Å². The zero-order valence-corrected chi connectivity index (χ0v) is 16.5. The summed E-state index contributed by atoms with van der Waals surface area (Å²) in [4.78, 5) is 19.2. The summed E-state index contributed by atoms with van der Waals surface area (Å²) >= 11 is 0. The van der Waals surface area contributed by atoms with Crippen LogP contribution in [0, 0.1) is 24.1 Å². The van der Waals surface area contributed by atoms with E-state index in [1.54, 1.807) is 47.5 Å². The number of benzene rings is 2. The van der Waals surface area contributed by atoms with Gasteiger partial charge in [0.15, 0.2) is 0 Å². The molecule has 0 saturated heterocycles. The first kappa shape index (κ1) is 19.6. The van der Waals surface area contributed by atoms with Crippen LogP contribution in [0.5, 0.6) is 5.88 Å². The van der Waals surface area contributed by atoms with Crippen molar-refractivity contribution >= 4 is 5.91 Å². The lowest BCUT2D eigenvalue weighted by Crippen LogP contribution is -2.47. The average Bonchev–Trinajstić information content (AvgIpc) is 2.77. The molecule has 0 bridgehead atoms. The molecule has 0 N–H and O–H groups in total. The van der Waals surface area contributed by atoms with Gasteiger partial charge in [-0.1, -0.05) is 12.1 Å². The number of rotatable bonds is 4. The van der Waals surface area contributed by atoms with Crippen molar-refractivity contribution < 1.29 is 13.9 Å². The van der Waals surface area contributed by atoms with Crippen molar-refractivity contribution in [3.63, 3.8) is 0 Å². The van der Waals surface area contributed by atoms with Gasteiger partial charge in [0, 0.05) is 24.4 Å². The minimum atomic E-state index is -0.321. The van der Waals surface area contributed by atoms with E-state index in [0.29, 0.717) is 30.0 Å². The number of nitrogens with zero attached hydrogens (tertiary/aromatic N) is 3. The zero-order chi connectivity index (χ0) is 21.1. The van der Waals surface area contributed by atoms with Crippen LogP contribution >= 0.6 is 0 Å². The third-order valence-electron chi connectivity index (χ3n) is 5.23. The lowest BCUT2D eigenvalue weighted by molar-refractivity contribution is 0.0562. The summed E-state index contributed by atoms with van der Waals surface area (Å²) in [6.45, 7) is 2.52. The van der Waals surface area contributed by atoms with Crippen molar-refractivity contribution in [3.8, 4) is 11.9 Å². The summed E-state index contributed by atoms with van der Waals surface area (Å²) in [5.74, 6) is -0.00535. The molecule has 4 rings (SSSR count). The van der Waals surface area contributed by atoms with Crippen LogP contribution in [0.4, 0.5) is 4.39 Å². The Labute approximate surface area is 174 Å². The quantitative estimate of drug-likeness (QED) is 0.662. The molecule has 1 atom stereocenters. The number of halogens is 1. The second-order valence-corrected chi connectivity index (χ2v) is 7.38. The fourth-order valence-corrected chi connectivity index (χ4v) is 3.58. The van der Waals surface area contributed by atoms with Crippen molar-refractivity contribution in [2.45, 2.75) is 25.9 Å². The number of fused-ring (bicyclic) bond motifs is 1. The van der Waals surface area contributed by atoms with E-state index < -0.39 is 0 Å². The molecule has 1 aliphatic rings. The predicted molar refractivity (Wildman–Crippen MR) is 109 cm³/mol. The first-order valence-electron chi connectivity index (χ1n) is 9.67. The molecule has 2 heterocycles. The van der Waals surface area contributed by atoms with Crippen molar-refractivity contribution in [2.75, 3.05) is 6.61 Å². The number of nitriles is 1. The summed E-state index contributed by atoms with van der Waals surface area (Å²) < 4.78 is 19.6. The Kier molecular flexibility index (Phi) is 5.44. The van der Waals surface area contributed by atoms with Gasteiger partial charge in [-0.2, -0.15) is 5.26 Å². The molecule has 2 aromatic carbocycles. The average molecular weight is 401 g/mol. The van der Waals surface area contributed by atoms with Crippen LogP contribution in [0.15, 0.2) is 60.8 Å². The number of hydrogen-bond acceptors (Lipinski definition) is 4. The largest absolute Gasteiger partial charge is 0.475 e. The number of amides is 1. The number of ether oxygens (including phenoxy) is 1. The molecule has 1 aromatic heterocycles. The van der Waals surface area contributed by atoms with E-state index in [2.05, 4.69) is 4.98 Å². The Morgan fingerprint density at radius 1 is 1.20 bits per heavy atom. The van der Waals surface area contributed by atoms with E-state index >= 15 is 0 Å². The van der Waals surface area contributed by atoms with Gasteiger partial charge in [0.25, 0.3) is 5.91 Å². The van der Waals surface area contributed by atoms with Gasteiger partial charge in [-0.05, 0) is 66.4 Å². The molecule has 6 heteroatoms. The number of carbonyl (C=O) groups is 1. The number of aromatic nitrogens is 1. The Balaban J connectivity index is 1.60. The van der Waals surface area contributed by atoms with Gasteiger partial charge in [0.05, 0.1) is 17.7 Å². The Morgan fingerprint density at radius 3 is 2.70 bits per heavy atom. The van der Waals surface area contributed by atoms with Gasteiger partial charge in [-0.25, -0.2) is 9.37 Å². The van der Waals surface area contributed by atoms with Crippen molar-refractivity contribution in [3.05, 3.63) is 94.4 Å². The fraction of sp³-hybridized carbons (Fsp3) is 0.208. The van der Waals surface area contributed by atoms with Crippen LogP contribution in [-0.4, -0.2) is 28.4 Å². The van der Waals surface area contributed by atoms with Gasteiger partial charge >= 0.3 is 0 Å². The third kappa shape index (κ3) is 4.15. The zero-order valence-electron chi connectivity index (χ0n) is 16.5. The highest BCUT2D eigenvalue weighted by molar-refractivity contribution is 5.94. The fourth-order valence-electron chi connectivity index (χ4n) is 3.58. The highest BCUT2D eigenvalue weighted by atomic mass is 19.1. The van der Waals surface area contributed by atoms with E-state index in [-0.39, 0.29) is 24.4 Å². The van der Waals surface area contributed by atoms with Gasteiger partial charge in [-0.3, -0.25) is 4.79 Å². The molecule has 30 heavy (non-hydrogen) atoms. The van der Waals surface area contributed by atoms with Crippen LogP contribution in [0.1, 0.15) is 32.6 Å². The van der Waals surface area contributed by atoms with E-state index in [0.717, 1.165) is 16.7 Å². The molecular formula is C24H20FN3O2. The molecule has 0 aliphatic carbocycles. The number of pyridine rings is 1. The molecule has 0 spiro atoms. The normalized spacial score (nSPS) is 15.2. The molecule has 1 unspecified atom stereocenters. The summed E-state index contributed by atoms with van der Waals surface area (Å²) in [6, 6.07) is 16.7. The van der Waals surface area contributed by atoms with Crippen molar-refractivity contribution in [2.24, 2.45) is 0 Å². The predicted octanol–water partition coefficient (Wildman–Crippen LogP) is 4.05. The van der Waals surface area contributed by atoms with E-state index in [4.69, 9.17) is 10.00 Å². The highest BCUT2D eigenvalue weighted by Gasteiger charge is 2.31. The second kappa shape index (κ2) is 8.34. The maximum Gasteiger partial charge on any atom is 0.254 e. The molecule has 0 fully saturated rings. The Morgan fingerprint density at radius 2 is 2.00 bits per heavy atom. The van der Waals surface area contributed by atoms with Crippen LogP contribution in [0.3, 0.4) is 0 Å². The molecule has 0 saturated carbocycles. The monoisotopic (exact) mass is 401 g/mol. The first-order valence-corrected chi connectivity index (χ1v) is 9.67. The molecule has 1 aliphatic heterocycles. The van der Waals surface area contributed by atoms with Crippen molar-refractivity contribution in [1.82, 2.24) is 9.88 Å². The van der Waals surface area contributed by atoms with Crippen LogP contribution in [0.2, 0.25) is 0 Å². The molecular weight excluding hydrogens is 381 g/mol. The lowest BCUT2D eigenvalue weighted by atomic mass is 9.93. The van der Waals surface area contributed by atoms with E-state index in [9.17, 15) is 9.18 Å². The van der Waals surface area contributed by atoms with Gasteiger partial charge in [0.1, 0.15) is 12.4 Å². The standard InChI is InChI=1S/C24H20FN3O2/c1-16-2-9-23(27-13-16)30-15-22-11-19-7-8-21(25)10-20(19)14-28(22)24(29)18-5-3-17(12-26)4-6-18/h2-10,13,22H,11,14-15H2,1H3. The number of carbonyl (C=O) groups excluding carboxylic acids is 1. The first-order chi connectivity index (χ1) is 14.5. The number of aryl methyl sites for hydroxylation is 1. The minimum absolute atomic E-state index is 0.181. The Hall–Kier alpha value is -3.72. The third-order valence-corrected chi connectivity index (χ3v) is 5.23. The summed E-state index contributed by atoms with van der Waals surface area (Å²) in [5, 5.41) is 8.99. The molecule has 0 radical (unpaired) electrons. The van der Waals surface area contributed by atoms with Crippen LogP contribution in [-0.2, 0) is 13.0 Å². The molecule has 5 nitrogen and oxygen atoms in total. The summed E-state index contributed by atoms with van der Waals surface area (Å²) in [5.41, 5.74) is 3.80. The maximum absolute atomic E-state index is 13.8. The second-order valence-electron chi connectivity index (χ2n) is 7.38. The summed E-state index contributed by atoms with van der Waals surface area (Å²) in [6.07, 6.45) is 2.29. The summed E-state index contributed by atoms with van der Waals surface area (Å²) in [7, 11) is 0. The SMILES string of the molecule is Cc1ccc(OCC2Cc3ccc(F)cc3CN2C(=O)c2ccc(C#N)cc2)nc1. The molecule has 150 valence electrons.